The quantitative estimate of drug-likeness (QED) is 0.733. The summed E-state index contributed by atoms with van der Waals surface area (Å²) in [7, 11) is 0. The van der Waals surface area contributed by atoms with Gasteiger partial charge in [0.1, 0.15) is 0 Å². The molecular formula is C15H29NO2. The molecule has 5 unspecified atom stereocenters. The first-order valence-electron chi connectivity index (χ1n) is 7.65. The standard InChI is InChI=1S/C15H29NO2/c1-11-4-3-5-15(6-11)18-10-14(17)9-16-8-13-7-12(13)2/h11-17H,3-10H2,1-2H3. The summed E-state index contributed by atoms with van der Waals surface area (Å²) >= 11 is 0. The average molecular weight is 255 g/mol. The highest BCUT2D eigenvalue weighted by molar-refractivity contribution is 4.84. The van der Waals surface area contributed by atoms with E-state index in [9.17, 15) is 5.11 Å². The second-order valence-corrected chi connectivity index (χ2v) is 6.51. The van der Waals surface area contributed by atoms with Gasteiger partial charge in [0.2, 0.25) is 0 Å². The predicted molar refractivity (Wildman–Crippen MR) is 73.5 cm³/mol. The third kappa shape index (κ3) is 4.87. The van der Waals surface area contributed by atoms with Crippen LogP contribution in [0, 0.1) is 17.8 Å². The van der Waals surface area contributed by atoms with Gasteiger partial charge < -0.3 is 15.2 Å². The maximum atomic E-state index is 9.86. The molecule has 2 N–H and O–H groups in total. The average Bonchev–Trinajstić information content (AvgIpc) is 3.03. The van der Waals surface area contributed by atoms with Crippen LogP contribution in [0.25, 0.3) is 0 Å². The molecule has 0 aliphatic heterocycles. The number of hydrogen-bond acceptors (Lipinski definition) is 3. The second-order valence-electron chi connectivity index (χ2n) is 6.51. The van der Waals surface area contributed by atoms with E-state index in [4.69, 9.17) is 4.74 Å². The molecule has 2 aliphatic rings. The van der Waals surface area contributed by atoms with Crippen molar-refractivity contribution in [3.8, 4) is 0 Å². The van der Waals surface area contributed by atoms with Gasteiger partial charge in [-0.05, 0) is 43.6 Å². The molecule has 0 aromatic carbocycles. The van der Waals surface area contributed by atoms with E-state index in [0.29, 0.717) is 19.3 Å². The number of aliphatic hydroxyl groups excluding tert-OH is 1. The Hall–Kier alpha value is -0.120. The first-order chi connectivity index (χ1) is 8.65. The van der Waals surface area contributed by atoms with Gasteiger partial charge in [-0.25, -0.2) is 0 Å². The molecule has 3 nitrogen and oxygen atoms in total. The Morgan fingerprint density at radius 3 is 2.72 bits per heavy atom. The lowest BCUT2D eigenvalue weighted by molar-refractivity contribution is -0.0306. The molecule has 0 saturated heterocycles. The molecule has 0 bridgehead atoms. The van der Waals surface area contributed by atoms with Crippen LogP contribution in [0.1, 0.15) is 46.0 Å². The normalized spacial score (nSPS) is 37.5. The summed E-state index contributed by atoms with van der Waals surface area (Å²) in [5.41, 5.74) is 0. The molecule has 2 rings (SSSR count). The fraction of sp³-hybridized carbons (Fsp3) is 1.00. The molecule has 0 aromatic rings. The van der Waals surface area contributed by atoms with Gasteiger partial charge in [-0.1, -0.05) is 26.7 Å². The number of ether oxygens (including phenoxy) is 1. The molecule has 2 saturated carbocycles. The summed E-state index contributed by atoms with van der Waals surface area (Å²) < 4.78 is 5.82. The van der Waals surface area contributed by atoms with Crippen molar-refractivity contribution in [2.75, 3.05) is 19.7 Å². The minimum atomic E-state index is -0.351. The molecule has 0 spiro atoms. The fourth-order valence-corrected chi connectivity index (χ4v) is 2.95. The molecule has 2 fully saturated rings. The van der Waals surface area contributed by atoms with Crippen molar-refractivity contribution in [1.29, 1.82) is 0 Å². The van der Waals surface area contributed by atoms with Crippen molar-refractivity contribution in [3.63, 3.8) is 0 Å². The zero-order valence-electron chi connectivity index (χ0n) is 11.9. The van der Waals surface area contributed by atoms with Crippen LogP contribution in [0.4, 0.5) is 0 Å². The smallest absolute Gasteiger partial charge is 0.0897 e. The zero-order chi connectivity index (χ0) is 13.0. The third-order valence-electron chi connectivity index (χ3n) is 4.48. The van der Waals surface area contributed by atoms with Crippen molar-refractivity contribution < 1.29 is 9.84 Å². The maximum Gasteiger partial charge on any atom is 0.0897 e. The first kappa shape index (κ1) is 14.3. The maximum absolute atomic E-state index is 9.86. The van der Waals surface area contributed by atoms with E-state index in [0.717, 1.165) is 24.3 Å². The van der Waals surface area contributed by atoms with Gasteiger partial charge in [-0.2, -0.15) is 0 Å². The minimum Gasteiger partial charge on any atom is -0.389 e. The Kier molecular flexibility index (Phi) is 5.46. The lowest BCUT2D eigenvalue weighted by atomic mass is 9.89. The lowest BCUT2D eigenvalue weighted by Crippen LogP contribution is -2.34. The molecule has 18 heavy (non-hydrogen) atoms. The van der Waals surface area contributed by atoms with Gasteiger partial charge in [-0.3, -0.25) is 0 Å². The summed E-state index contributed by atoms with van der Waals surface area (Å²) in [5, 5.41) is 13.2. The van der Waals surface area contributed by atoms with Crippen molar-refractivity contribution in [2.45, 2.75) is 58.2 Å². The molecule has 2 aliphatic carbocycles. The SMILES string of the molecule is CC1CCCC(OCC(O)CNCC2CC2C)C1. The van der Waals surface area contributed by atoms with Crippen LogP contribution in [-0.4, -0.2) is 37.0 Å². The largest absolute Gasteiger partial charge is 0.389 e. The second kappa shape index (κ2) is 6.88. The number of nitrogens with one attached hydrogen (secondary N) is 1. The number of rotatable bonds is 7. The van der Waals surface area contributed by atoms with E-state index in [1.165, 1.54) is 32.1 Å². The molecule has 3 heteroatoms. The van der Waals surface area contributed by atoms with E-state index in [1.54, 1.807) is 0 Å². The van der Waals surface area contributed by atoms with E-state index in [2.05, 4.69) is 19.2 Å². The molecule has 106 valence electrons. The van der Waals surface area contributed by atoms with E-state index in [1.807, 2.05) is 0 Å². The van der Waals surface area contributed by atoms with Gasteiger partial charge in [0.15, 0.2) is 0 Å². The van der Waals surface area contributed by atoms with E-state index in [-0.39, 0.29) is 6.10 Å². The molecule has 0 heterocycles. The summed E-state index contributed by atoms with van der Waals surface area (Å²) in [6.07, 6.45) is 6.33. The first-order valence-corrected chi connectivity index (χ1v) is 7.65. The Labute approximate surface area is 111 Å². The topological polar surface area (TPSA) is 41.5 Å². The minimum absolute atomic E-state index is 0.351. The Bertz CT molecular complexity index is 247. The molecule has 0 amide bonds. The van der Waals surface area contributed by atoms with E-state index >= 15 is 0 Å². The predicted octanol–water partition coefficient (Wildman–Crippen LogP) is 2.19. The van der Waals surface area contributed by atoms with Gasteiger partial charge >= 0.3 is 0 Å². The van der Waals surface area contributed by atoms with Crippen LogP contribution in [0.15, 0.2) is 0 Å². The van der Waals surface area contributed by atoms with Gasteiger partial charge in [-0.15, -0.1) is 0 Å². The van der Waals surface area contributed by atoms with Gasteiger partial charge in [0.05, 0.1) is 18.8 Å². The molecular weight excluding hydrogens is 226 g/mol. The highest BCUT2D eigenvalue weighted by Crippen LogP contribution is 2.36. The van der Waals surface area contributed by atoms with Crippen LogP contribution in [0.5, 0.6) is 0 Å². The molecule has 0 aromatic heterocycles. The van der Waals surface area contributed by atoms with Crippen LogP contribution in [0.3, 0.4) is 0 Å². The van der Waals surface area contributed by atoms with Crippen LogP contribution >= 0.6 is 0 Å². The highest BCUT2D eigenvalue weighted by atomic mass is 16.5. The summed E-state index contributed by atoms with van der Waals surface area (Å²) in [5.74, 6) is 2.52. The fourth-order valence-electron chi connectivity index (χ4n) is 2.95. The third-order valence-corrected chi connectivity index (χ3v) is 4.48. The highest BCUT2D eigenvalue weighted by Gasteiger charge is 2.31. The Morgan fingerprint density at radius 2 is 2.06 bits per heavy atom. The number of hydrogen-bond donors (Lipinski definition) is 2. The Balaban J connectivity index is 1.49. The van der Waals surface area contributed by atoms with Crippen molar-refractivity contribution >= 4 is 0 Å². The van der Waals surface area contributed by atoms with Crippen molar-refractivity contribution in [3.05, 3.63) is 0 Å². The van der Waals surface area contributed by atoms with Crippen LogP contribution in [0.2, 0.25) is 0 Å². The lowest BCUT2D eigenvalue weighted by Gasteiger charge is -2.27. The van der Waals surface area contributed by atoms with Crippen molar-refractivity contribution in [1.82, 2.24) is 5.32 Å². The van der Waals surface area contributed by atoms with Gasteiger partial charge in [0.25, 0.3) is 0 Å². The monoisotopic (exact) mass is 255 g/mol. The van der Waals surface area contributed by atoms with Gasteiger partial charge in [0, 0.05) is 6.54 Å². The van der Waals surface area contributed by atoms with E-state index < -0.39 is 0 Å². The van der Waals surface area contributed by atoms with Crippen molar-refractivity contribution in [2.24, 2.45) is 17.8 Å². The summed E-state index contributed by atoms with van der Waals surface area (Å²) in [6, 6.07) is 0. The zero-order valence-corrected chi connectivity index (χ0v) is 11.9. The Morgan fingerprint density at radius 1 is 1.28 bits per heavy atom. The molecule has 5 atom stereocenters. The van der Waals surface area contributed by atoms with Crippen LogP contribution < -0.4 is 5.32 Å². The molecule has 0 radical (unpaired) electrons. The summed E-state index contributed by atoms with van der Waals surface area (Å²) in [4.78, 5) is 0. The number of aliphatic hydroxyl groups is 1. The summed E-state index contributed by atoms with van der Waals surface area (Å²) in [6.45, 7) is 6.80. The van der Waals surface area contributed by atoms with Crippen LogP contribution in [-0.2, 0) is 4.74 Å².